The molecular formula is C9H23NO2Si. The molecule has 0 rings (SSSR count). The van der Waals surface area contributed by atoms with E-state index < -0.39 is 8.56 Å². The molecule has 0 atom stereocenters. The van der Waals surface area contributed by atoms with Gasteiger partial charge in [-0.05, 0) is 32.1 Å². The van der Waals surface area contributed by atoms with Crippen LogP contribution in [0.4, 0.5) is 0 Å². The molecule has 0 aliphatic rings. The normalized spacial score (nSPS) is 12.0. The van der Waals surface area contributed by atoms with E-state index in [1.165, 1.54) is 12.8 Å². The molecule has 4 heteroatoms. The topological polar surface area (TPSA) is 30.5 Å². The van der Waals surface area contributed by atoms with Gasteiger partial charge >= 0.3 is 8.56 Å². The van der Waals surface area contributed by atoms with Crippen LogP contribution >= 0.6 is 0 Å². The molecule has 0 saturated heterocycles. The van der Waals surface area contributed by atoms with Gasteiger partial charge in [0.15, 0.2) is 0 Å². The van der Waals surface area contributed by atoms with Gasteiger partial charge in [0, 0.05) is 14.2 Å². The fraction of sp³-hybridized carbons (Fsp3) is 1.00. The highest BCUT2D eigenvalue weighted by Gasteiger charge is 2.27. The zero-order valence-corrected chi connectivity index (χ0v) is 10.4. The molecule has 0 unspecified atom stereocenters. The SMILES string of the molecule is CCNCCCC[Si](C)(OC)OC. The maximum Gasteiger partial charge on any atom is 0.334 e. The van der Waals surface area contributed by atoms with Crippen molar-refractivity contribution in [1.29, 1.82) is 0 Å². The van der Waals surface area contributed by atoms with Gasteiger partial charge in [0.25, 0.3) is 0 Å². The summed E-state index contributed by atoms with van der Waals surface area (Å²) < 4.78 is 10.8. The molecule has 13 heavy (non-hydrogen) atoms. The number of rotatable bonds is 8. The quantitative estimate of drug-likeness (QED) is 0.484. The highest BCUT2D eigenvalue weighted by molar-refractivity contribution is 6.65. The summed E-state index contributed by atoms with van der Waals surface area (Å²) in [4.78, 5) is 0. The summed E-state index contributed by atoms with van der Waals surface area (Å²) >= 11 is 0. The third-order valence-corrected chi connectivity index (χ3v) is 5.34. The average Bonchev–Trinajstić information content (AvgIpc) is 2.17. The Balaban J connectivity index is 3.39. The molecule has 0 aliphatic carbocycles. The van der Waals surface area contributed by atoms with Gasteiger partial charge in [-0.25, -0.2) is 0 Å². The first-order chi connectivity index (χ1) is 6.18. The Morgan fingerprint density at radius 3 is 2.23 bits per heavy atom. The van der Waals surface area contributed by atoms with Gasteiger partial charge in [-0.3, -0.25) is 0 Å². The number of unbranched alkanes of at least 4 members (excludes halogenated alkanes) is 1. The van der Waals surface area contributed by atoms with Crippen molar-refractivity contribution in [2.75, 3.05) is 27.3 Å². The first-order valence-electron chi connectivity index (χ1n) is 4.99. The molecule has 0 heterocycles. The highest BCUT2D eigenvalue weighted by Crippen LogP contribution is 2.14. The van der Waals surface area contributed by atoms with Gasteiger partial charge in [0.1, 0.15) is 0 Å². The van der Waals surface area contributed by atoms with E-state index in [1.54, 1.807) is 14.2 Å². The third-order valence-electron chi connectivity index (χ3n) is 2.35. The summed E-state index contributed by atoms with van der Waals surface area (Å²) in [5.74, 6) is 0. The van der Waals surface area contributed by atoms with Gasteiger partial charge in [-0.1, -0.05) is 13.3 Å². The minimum Gasteiger partial charge on any atom is -0.398 e. The Hall–Kier alpha value is 0.0969. The molecule has 0 radical (unpaired) electrons. The average molecular weight is 205 g/mol. The largest absolute Gasteiger partial charge is 0.398 e. The summed E-state index contributed by atoms with van der Waals surface area (Å²) in [5.41, 5.74) is 0. The molecule has 80 valence electrons. The molecule has 0 amide bonds. The van der Waals surface area contributed by atoms with Crippen LogP contribution in [-0.4, -0.2) is 35.9 Å². The van der Waals surface area contributed by atoms with Crippen LogP contribution in [0, 0.1) is 0 Å². The highest BCUT2D eigenvalue weighted by atomic mass is 28.4. The lowest BCUT2D eigenvalue weighted by Gasteiger charge is -2.22. The van der Waals surface area contributed by atoms with E-state index >= 15 is 0 Å². The lowest BCUT2D eigenvalue weighted by atomic mass is 10.3. The second-order valence-electron chi connectivity index (χ2n) is 3.35. The second-order valence-corrected chi connectivity index (χ2v) is 6.94. The Labute approximate surface area is 83.1 Å². The predicted octanol–water partition coefficient (Wildman–Crippen LogP) is 1.74. The van der Waals surface area contributed by atoms with Crippen LogP contribution in [0.1, 0.15) is 19.8 Å². The molecular weight excluding hydrogens is 182 g/mol. The van der Waals surface area contributed by atoms with Crippen molar-refractivity contribution in [2.45, 2.75) is 32.4 Å². The van der Waals surface area contributed by atoms with Crippen molar-refractivity contribution in [1.82, 2.24) is 5.32 Å². The van der Waals surface area contributed by atoms with Crippen molar-refractivity contribution in [3.8, 4) is 0 Å². The summed E-state index contributed by atoms with van der Waals surface area (Å²) in [7, 11) is 1.71. The summed E-state index contributed by atoms with van der Waals surface area (Å²) in [5, 5.41) is 3.30. The second kappa shape index (κ2) is 7.50. The molecule has 0 spiro atoms. The van der Waals surface area contributed by atoms with E-state index in [2.05, 4.69) is 18.8 Å². The minimum atomic E-state index is -1.79. The monoisotopic (exact) mass is 205 g/mol. The van der Waals surface area contributed by atoms with Crippen molar-refractivity contribution in [3.63, 3.8) is 0 Å². The van der Waals surface area contributed by atoms with Crippen LogP contribution < -0.4 is 5.32 Å². The van der Waals surface area contributed by atoms with Gasteiger partial charge in [0.2, 0.25) is 0 Å². The number of nitrogens with one attached hydrogen (secondary N) is 1. The Morgan fingerprint density at radius 1 is 1.15 bits per heavy atom. The van der Waals surface area contributed by atoms with E-state index in [-0.39, 0.29) is 0 Å². The van der Waals surface area contributed by atoms with Crippen LogP contribution in [0.15, 0.2) is 0 Å². The van der Waals surface area contributed by atoms with E-state index in [0.717, 1.165) is 19.1 Å². The maximum absolute atomic E-state index is 5.39. The van der Waals surface area contributed by atoms with Crippen molar-refractivity contribution in [3.05, 3.63) is 0 Å². The molecule has 0 bridgehead atoms. The van der Waals surface area contributed by atoms with Gasteiger partial charge in [-0.2, -0.15) is 0 Å². The zero-order chi connectivity index (χ0) is 10.2. The number of hydrogen-bond acceptors (Lipinski definition) is 3. The maximum atomic E-state index is 5.39. The first kappa shape index (κ1) is 13.1. The van der Waals surface area contributed by atoms with Crippen molar-refractivity contribution >= 4 is 8.56 Å². The molecule has 3 nitrogen and oxygen atoms in total. The predicted molar refractivity (Wildman–Crippen MR) is 58.2 cm³/mol. The fourth-order valence-electron chi connectivity index (χ4n) is 1.16. The minimum absolute atomic E-state index is 1.06. The van der Waals surface area contributed by atoms with Crippen LogP contribution in [0.5, 0.6) is 0 Å². The van der Waals surface area contributed by atoms with Gasteiger partial charge in [0.05, 0.1) is 0 Å². The lowest BCUT2D eigenvalue weighted by molar-refractivity contribution is 0.248. The Bertz CT molecular complexity index is 118. The zero-order valence-electron chi connectivity index (χ0n) is 9.35. The molecule has 0 saturated carbocycles. The first-order valence-corrected chi connectivity index (χ1v) is 7.52. The third kappa shape index (κ3) is 6.21. The molecule has 1 N–H and O–H groups in total. The van der Waals surface area contributed by atoms with Gasteiger partial charge < -0.3 is 14.2 Å². The molecule has 0 aromatic rings. The lowest BCUT2D eigenvalue weighted by Crippen LogP contribution is -2.35. The molecule has 0 fully saturated rings. The van der Waals surface area contributed by atoms with Crippen LogP contribution in [0.2, 0.25) is 12.6 Å². The van der Waals surface area contributed by atoms with E-state index in [4.69, 9.17) is 8.85 Å². The smallest absolute Gasteiger partial charge is 0.334 e. The van der Waals surface area contributed by atoms with Crippen molar-refractivity contribution < 1.29 is 8.85 Å². The summed E-state index contributed by atoms with van der Waals surface area (Å²) in [6, 6.07) is 1.09. The Kier molecular flexibility index (Phi) is 7.55. The standard InChI is InChI=1S/C9H23NO2Si/c1-5-10-8-6-7-9-13(4,11-2)12-3/h10H,5-9H2,1-4H3. The molecule has 0 aromatic carbocycles. The van der Waals surface area contributed by atoms with Crippen LogP contribution in [-0.2, 0) is 8.85 Å². The fourth-order valence-corrected chi connectivity index (χ4v) is 2.63. The van der Waals surface area contributed by atoms with E-state index in [9.17, 15) is 0 Å². The molecule has 0 aliphatic heterocycles. The van der Waals surface area contributed by atoms with Crippen LogP contribution in [0.25, 0.3) is 0 Å². The van der Waals surface area contributed by atoms with Crippen molar-refractivity contribution in [2.24, 2.45) is 0 Å². The van der Waals surface area contributed by atoms with Crippen LogP contribution in [0.3, 0.4) is 0 Å². The Morgan fingerprint density at radius 2 is 1.77 bits per heavy atom. The summed E-state index contributed by atoms with van der Waals surface area (Å²) in [6.07, 6.45) is 2.40. The summed E-state index contributed by atoms with van der Waals surface area (Å²) in [6.45, 7) is 6.40. The van der Waals surface area contributed by atoms with E-state index in [1.807, 2.05) is 0 Å². The molecule has 0 aromatic heterocycles. The van der Waals surface area contributed by atoms with E-state index in [0.29, 0.717) is 0 Å². The number of hydrogen-bond donors (Lipinski definition) is 1. The van der Waals surface area contributed by atoms with Gasteiger partial charge in [-0.15, -0.1) is 0 Å².